The fraction of sp³-hybridized carbons (Fsp3) is 0.238. The van der Waals surface area contributed by atoms with Crippen molar-refractivity contribution in [3.8, 4) is 22.8 Å². The average Bonchev–Trinajstić information content (AvgIpc) is 3.22. The van der Waals surface area contributed by atoms with E-state index in [1.165, 1.54) is 0 Å². The zero-order chi connectivity index (χ0) is 19.2. The van der Waals surface area contributed by atoms with Crippen LogP contribution >= 0.6 is 0 Å². The van der Waals surface area contributed by atoms with Gasteiger partial charge in [-0.05, 0) is 42.3 Å². The molecule has 0 aliphatic heterocycles. The van der Waals surface area contributed by atoms with E-state index >= 15 is 0 Å². The van der Waals surface area contributed by atoms with E-state index in [4.69, 9.17) is 9.47 Å². The molecule has 6 nitrogen and oxygen atoms in total. The van der Waals surface area contributed by atoms with Crippen LogP contribution in [0.2, 0.25) is 0 Å². The molecule has 1 heterocycles. The minimum absolute atomic E-state index is 0.0959. The maximum Gasteiger partial charge on any atom is 0.269 e. The van der Waals surface area contributed by atoms with Gasteiger partial charge in [-0.1, -0.05) is 31.2 Å². The summed E-state index contributed by atoms with van der Waals surface area (Å²) in [7, 11) is 3.24. The predicted octanol–water partition coefficient (Wildman–Crippen LogP) is 3.98. The topological polar surface area (TPSA) is 76.2 Å². The normalized spacial score (nSPS) is 11.7. The molecule has 0 radical (unpaired) electrons. The van der Waals surface area contributed by atoms with Gasteiger partial charge in [0.25, 0.3) is 5.91 Å². The first-order chi connectivity index (χ1) is 13.2. The average molecular weight is 365 g/mol. The minimum atomic E-state index is -0.202. The summed E-state index contributed by atoms with van der Waals surface area (Å²) in [4.78, 5) is 12.7. The number of ether oxygens (including phenoxy) is 2. The molecule has 0 spiro atoms. The van der Waals surface area contributed by atoms with Crippen molar-refractivity contribution in [3.63, 3.8) is 0 Å². The van der Waals surface area contributed by atoms with E-state index in [0.717, 1.165) is 23.3 Å². The molecule has 27 heavy (non-hydrogen) atoms. The van der Waals surface area contributed by atoms with Gasteiger partial charge in [0.1, 0.15) is 17.2 Å². The maximum absolute atomic E-state index is 12.7. The molecule has 2 N–H and O–H groups in total. The lowest BCUT2D eigenvalue weighted by atomic mass is 10.0. The summed E-state index contributed by atoms with van der Waals surface area (Å²) >= 11 is 0. The monoisotopic (exact) mass is 365 g/mol. The van der Waals surface area contributed by atoms with Crippen LogP contribution in [0.3, 0.4) is 0 Å². The summed E-state index contributed by atoms with van der Waals surface area (Å²) in [6.45, 7) is 2.03. The number of para-hydroxylation sites is 1. The number of carbonyl (C=O) groups is 1. The number of nitrogens with zero attached hydrogens (tertiary/aromatic N) is 1. The largest absolute Gasteiger partial charge is 0.497 e. The molecule has 0 aliphatic carbocycles. The highest BCUT2D eigenvalue weighted by molar-refractivity contribution is 5.93. The van der Waals surface area contributed by atoms with Gasteiger partial charge in [0.05, 0.1) is 26.0 Å². The van der Waals surface area contributed by atoms with Crippen LogP contribution in [0, 0.1) is 0 Å². The van der Waals surface area contributed by atoms with E-state index in [0.29, 0.717) is 17.1 Å². The number of methoxy groups -OCH3 is 2. The molecule has 3 rings (SSSR count). The number of rotatable bonds is 7. The van der Waals surface area contributed by atoms with Gasteiger partial charge in [-0.15, -0.1) is 0 Å². The molecule has 0 saturated carbocycles. The third kappa shape index (κ3) is 4.11. The fourth-order valence-corrected chi connectivity index (χ4v) is 2.93. The number of amides is 1. The van der Waals surface area contributed by atoms with Gasteiger partial charge >= 0.3 is 0 Å². The van der Waals surface area contributed by atoms with E-state index < -0.39 is 0 Å². The molecular weight excluding hydrogens is 342 g/mol. The Morgan fingerprint density at radius 1 is 1.11 bits per heavy atom. The third-order valence-electron chi connectivity index (χ3n) is 4.44. The van der Waals surface area contributed by atoms with Crippen LogP contribution in [0.15, 0.2) is 54.6 Å². The second kappa shape index (κ2) is 8.40. The molecule has 1 amide bonds. The zero-order valence-corrected chi connectivity index (χ0v) is 15.7. The van der Waals surface area contributed by atoms with Crippen molar-refractivity contribution in [2.45, 2.75) is 19.4 Å². The SMILES string of the molecule is CC[C@H](NC(=O)c1cc(-c2ccccc2OC)n[nH]1)c1ccc(OC)cc1. The van der Waals surface area contributed by atoms with Crippen LogP contribution in [0.25, 0.3) is 11.3 Å². The fourth-order valence-electron chi connectivity index (χ4n) is 2.93. The lowest BCUT2D eigenvalue weighted by molar-refractivity contribution is 0.0930. The van der Waals surface area contributed by atoms with Crippen molar-refractivity contribution in [3.05, 3.63) is 65.9 Å². The number of aromatic amines is 1. The van der Waals surface area contributed by atoms with E-state index in [-0.39, 0.29) is 11.9 Å². The summed E-state index contributed by atoms with van der Waals surface area (Å²) in [5.41, 5.74) is 2.92. The minimum Gasteiger partial charge on any atom is -0.497 e. The van der Waals surface area contributed by atoms with Gasteiger partial charge in [0, 0.05) is 5.56 Å². The van der Waals surface area contributed by atoms with E-state index in [2.05, 4.69) is 15.5 Å². The van der Waals surface area contributed by atoms with E-state index in [1.54, 1.807) is 20.3 Å². The number of carbonyl (C=O) groups excluding carboxylic acids is 1. The molecule has 0 saturated heterocycles. The van der Waals surface area contributed by atoms with Gasteiger partial charge in [-0.2, -0.15) is 5.10 Å². The molecule has 6 heteroatoms. The molecular formula is C21H23N3O3. The van der Waals surface area contributed by atoms with Crippen LogP contribution in [0.5, 0.6) is 11.5 Å². The molecule has 1 atom stereocenters. The Labute approximate surface area is 158 Å². The second-order valence-corrected chi connectivity index (χ2v) is 6.07. The van der Waals surface area contributed by atoms with E-state index in [1.807, 2.05) is 55.5 Å². The van der Waals surface area contributed by atoms with Crippen LogP contribution in [-0.2, 0) is 0 Å². The first kappa shape index (κ1) is 18.5. The van der Waals surface area contributed by atoms with Gasteiger partial charge in [0.2, 0.25) is 0 Å². The van der Waals surface area contributed by atoms with Crippen LogP contribution < -0.4 is 14.8 Å². The van der Waals surface area contributed by atoms with Crippen LogP contribution in [0.1, 0.15) is 35.4 Å². The Hall–Kier alpha value is -3.28. The third-order valence-corrected chi connectivity index (χ3v) is 4.44. The first-order valence-corrected chi connectivity index (χ1v) is 8.79. The number of aromatic nitrogens is 2. The van der Waals surface area contributed by atoms with Gasteiger partial charge in [-0.3, -0.25) is 9.89 Å². The molecule has 0 bridgehead atoms. The van der Waals surface area contributed by atoms with Crippen molar-refractivity contribution in [1.82, 2.24) is 15.5 Å². The molecule has 1 aromatic heterocycles. The first-order valence-electron chi connectivity index (χ1n) is 8.79. The summed E-state index contributed by atoms with van der Waals surface area (Å²) in [5.74, 6) is 1.29. The maximum atomic E-state index is 12.7. The summed E-state index contributed by atoms with van der Waals surface area (Å²) in [6.07, 6.45) is 0.769. The number of nitrogens with one attached hydrogen (secondary N) is 2. The summed E-state index contributed by atoms with van der Waals surface area (Å²) in [5, 5.41) is 10.1. The highest BCUT2D eigenvalue weighted by Crippen LogP contribution is 2.28. The summed E-state index contributed by atoms with van der Waals surface area (Å²) < 4.78 is 10.5. The predicted molar refractivity (Wildman–Crippen MR) is 104 cm³/mol. The molecule has 140 valence electrons. The van der Waals surface area contributed by atoms with Crippen LogP contribution in [0.4, 0.5) is 0 Å². The lowest BCUT2D eigenvalue weighted by Gasteiger charge is -2.17. The number of H-pyrrole nitrogens is 1. The Morgan fingerprint density at radius 3 is 2.52 bits per heavy atom. The number of hydrogen-bond donors (Lipinski definition) is 2. The molecule has 0 fully saturated rings. The Morgan fingerprint density at radius 2 is 1.85 bits per heavy atom. The Kier molecular flexibility index (Phi) is 5.76. The molecule has 0 aliphatic rings. The molecule has 0 unspecified atom stereocenters. The van der Waals surface area contributed by atoms with Crippen molar-refractivity contribution in [2.75, 3.05) is 14.2 Å². The summed E-state index contributed by atoms with van der Waals surface area (Å²) in [6, 6.07) is 16.9. The molecule has 2 aromatic carbocycles. The quantitative estimate of drug-likeness (QED) is 0.664. The number of hydrogen-bond acceptors (Lipinski definition) is 4. The van der Waals surface area contributed by atoms with Gasteiger partial charge < -0.3 is 14.8 Å². The highest BCUT2D eigenvalue weighted by atomic mass is 16.5. The van der Waals surface area contributed by atoms with Gasteiger partial charge in [0.15, 0.2) is 0 Å². The van der Waals surface area contributed by atoms with Crippen molar-refractivity contribution < 1.29 is 14.3 Å². The zero-order valence-electron chi connectivity index (χ0n) is 15.7. The standard InChI is InChI=1S/C21H23N3O3/c1-4-17(14-9-11-15(26-2)12-10-14)22-21(25)19-13-18(23-24-19)16-7-5-6-8-20(16)27-3/h5-13,17H,4H2,1-3H3,(H,22,25)(H,23,24)/t17-/m0/s1. The molecule has 3 aromatic rings. The van der Waals surface area contributed by atoms with Crippen LogP contribution in [-0.4, -0.2) is 30.3 Å². The number of benzene rings is 2. The van der Waals surface area contributed by atoms with Crippen molar-refractivity contribution >= 4 is 5.91 Å². The second-order valence-electron chi connectivity index (χ2n) is 6.07. The smallest absolute Gasteiger partial charge is 0.269 e. The van der Waals surface area contributed by atoms with Crippen molar-refractivity contribution in [1.29, 1.82) is 0 Å². The van der Waals surface area contributed by atoms with Gasteiger partial charge in [-0.25, -0.2) is 0 Å². The Balaban J connectivity index is 1.76. The van der Waals surface area contributed by atoms with Crippen molar-refractivity contribution in [2.24, 2.45) is 0 Å². The lowest BCUT2D eigenvalue weighted by Crippen LogP contribution is -2.28. The highest BCUT2D eigenvalue weighted by Gasteiger charge is 2.17. The Bertz CT molecular complexity index is 903. The van der Waals surface area contributed by atoms with E-state index in [9.17, 15) is 4.79 Å².